The van der Waals surface area contributed by atoms with Crippen LogP contribution in [0.25, 0.3) is 0 Å². The van der Waals surface area contributed by atoms with Gasteiger partial charge in [0.05, 0.1) is 0 Å². The molecule has 1 saturated carbocycles. The highest BCUT2D eigenvalue weighted by atomic mass is 16.4. The van der Waals surface area contributed by atoms with E-state index in [4.69, 9.17) is 0 Å². The highest BCUT2D eigenvalue weighted by molar-refractivity contribution is 6.07. The number of hydrogen-bond acceptors (Lipinski definition) is 3. The number of anilines is 1. The van der Waals surface area contributed by atoms with E-state index in [1.54, 1.807) is 25.2 Å². The van der Waals surface area contributed by atoms with Gasteiger partial charge in [-0.05, 0) is 49.6 Å². The van der Waals surface area contributed by atoms with Crippen LogP contribution in [0, 0.1) is 0 Å². The quantitative estimate of drug-likeness (QED) is 0.866. The van der Waals surface area contributed by atoms with E-state index in [-0.39, 0.29) is 11.5 Å². The monoisotopic (exact) mass is 352 g/mol. The Balaban J connectivity index is 1.78. The Labute approximate surface area is 151 Å². The lowest BCUT2D eigenvalue weighted by Crippen LogP contribution is -2.59. The molecule has 0 unspecified atom stereocenters. The molecule has 6 nitrogen and oxygen atoms in total. The summed E-state index contributed by atoms with van der Waals surface area (Å²) in [6.07, 6.45) is 1.61. The van der Waals surface area contributed by atoms with Gasteiger partial charge < -0.3 is 15.3 Å². The summed E-state index contributed by atoms with van der Waals surface area (Å²) in [5.41, 5.74) is 0.191. The van der Waals surface area contributed by atoms with Crippen molar-refractivity contribution >= 4 is 23.5 Å². The first-order valence-electron chi connectivity index (χ1n) is 8.42. The van der Waals surface area contributed by atoms with Gasteiger partial charge in [0.1, 0.15) is 5.54 Å². The van der Waals surface area contributed by atoms with Crippen molar-refractivity contribution in [2.24, 2.45) is 0 Å². The molecular formula is C20H20N2O4. The molecule has 0 bridgehead atoms. The molecule has 0 atom stereocenters. The number of para-hydroxylation sites is 1. The van der Waals surface area contributed by atoms with E-state index in [9.17, 15) is 19.5 Å². The van der Waals surface area contributed by atoms with E-state index < -0.39 is 17.4 Å². The SMILES string of the molecule is CN(C(=O)c1cccc(C(=O)NC2(C(=O)O)CCC2)c1)c1ccccc1. The standard InChI is InChI=1S/C20H20N2O4/c1-22(16-9-3-2-4-10-16)18(24)15-8-5-7-14(13-15)17(23)21-20(19(25)26)11-6-12-20/h2-5,7-10,13H,6,11-12H2,1H3,(H,21,23)(H,25,26). The number of carbonyl (C=O) groups excluding carboxylic acids is 2. The zero-order valence-corrected chi connectivity index (χ0v) is 14.4. The molecule has 0 aromatic heterocycles. The van der Waals surface area contributed by atoms with Crippen molar-refractivity contribution < 1.29 is 19.5 Å². The maximum Gasteiger partial charge on any atom is 0.329 e. The van der Waals surface area contributed by atoms with Crippen molar-refractivity contribution in [1.82, 2.24) is 5.32 Å². The van der Waals surface area contributed by atoms with Gasteiger partial charge in [-0.1, -0.05) is 24.3 Å². The summed E-state index contributed by atoms with van der Waals surface area (Å²) in [6, 6.07) is 15.5. The van der Waals surface area contributed by atoms with Crippen LogP contribution in [0.15, 0.2) is 54.6 Å². The fraction of sp³-hybridized carbons (Fsp3) is 0.250. The number of carbonyl (C=O) groups is 3. The van der Waals surface area contributed by atoms with Crippen LogP contribution in [0.2, 0.25) is 0 Å². The third kappa shape index (κ3) is 3.31. The normalized spacial score (nSPS) is 14.8. The van der Waals surface area contributed by atoms with E-state index in [0.29, 0.717) is 18.4 Å². The van der Waals surface area contributed by atoms with Crippen molar-refractivity contribution in [1.29, 1.82) is 0 Å². The fourth-order valence-corrected chi connectivity index (χ4v) is 2.97. The van der Waals surface area contributed by atoms with Gasteiger partial charge in [-0.2, -0.15) is 0 Å². The Morgan fingerprint density at radius 2 is 1.65 bits per heavy atom. The first-order valence-corrected chi connectivity index (χ1v) is 8.42. The second-order valence-corrected chi connectivity index (χ2v) is 6.48. The molecular weight excluding hydrogens is 332 g/mol. The summed E-state index contributed by atoms with van der Waals surface area (Å²) in [7, 11) is 1.66. The number of nitrogens with zero attached hydrogens (tertiary/aromatic N) is 1. The van der Waals surface area contributed by atoms with Gasteiger partial charge in [-0.25, -0.2) is 4.79 Å². The van der Waals surface area contributed by atoms with Gasteiger partial charge in [-0.15, -0.1) is 0 Å². The zero-order chi connectivity index (χ0) is 18.7. The number of hydrogen-bond donors (Lipinski definition) is 2. The molecule has 1 aliphatic rings. The van der Waals surface area contributed by atoms with E-state index >= 15 is 0 Å². The van der Waals surface area contributed by atoms with E-state index in [2.05, 4.69) is 5.32 Å². The maximum absolute atomic E-state index is 12.7. The molecule has 26 heavy (non-hydrogen) atoms. The molecule has 0 aliphatic heterocycles. The summed E-state index contributed by atoms with van der Waals surface area (Å²) in [5.74, 6) is -1.75. The molecule has 2 amide bonds. The molecule has 134 valence electrons. The average molecular weight is 352 g/mol. The summed E-state index contributed by atoms with van der Waals surface area (Å²) in [6.45, 7) is 0. The van der Waals surface area contributed by atoms with Gasteiger partial charge in [0.2, 0.25) is 0 Å². The molecule has 3 rings (SSSR count). The molecule has 2 aromatic rings. The molecule has 6 heteroatoms. The average Bonchev–Trinajstić information content (AvgIpc) is 2.63. The van der Waals surface area contributed by atoms with E-state index in [0.717, 1.165) is 12.1 Å². The minimum absolute atomic E-state index is 0.248. The molecule has 2 aromatic carbocycles. The first-order chi connectivity index (χ1) is 12.4. The lowest BCUT2D eigenvalue weighted by molar-refractivity contribution is -0.148. The molecule has 0 spiro atoms. The van der Waals surface area contributed by atoms with Crippen LogP contribution in [0.1, 0.15) is 40.0 Å². The van der Waals surface area contributed by atoms with Crippen molar-refractivity contribution in [3.63, 3.8) is 0 Å². The van der Waals surface area contributed by atoms with Crippen molar-refractivity contribution in [2.45, 2.75) is 24.8 Å². The molecule has 0 heterocycles. The highest BCUT2D eigenvalue weighted by Gasteiger charge is 2.45. The van der Waals surface area contributed by atoms with E-state index in [1.165, 1.54) is 11.0 Å². The zero-order valence-electron chi connectivity index (χ0n) is 14.4. The van der Waals surface area contributed by atoms with Gasteiger partial charge in [0.25, 0.3) is 11.8 Å². The number of nitrogens with one attached hydrogen (secondary N) is 1. The predicted octanol–water partition coefficient (Wildman–Crippen LogP) is 2.70. The highest BCUT2D eigenvalue weighted by Crippen LogP contribution is 2.32. The van der Waals surface area contributed by atoms with Gasteiger partial charge in [0.15, 0.2) is 0 Å². The lowest BCUT2D eigenvalue weighted by Gasteiger charge is -2.38. The Morgan fingerprint density at radius 3 is 2.23 bits per heavy atom. The van der Waals surface area contributed by atoms with Crippen LogP contribution in [0.3, 0.4) is 0 Å². The number of benzene rings is 2. The molecule has 0 saturated heterocycles. The van der Waals surface area contributed by atoms with Gasteiger partial charge in [-0.3, -0.25) is 9.59 Å². The lowest BCUT2D eigenvalue weighted by atomic mass is 9.76. The largest absolute Gasteiger partial charge is 0.480 e. The summed E-state index contributed by atoms with van der Waals surface area (Å²) in [4.78, 5) is 38.1. The first kappa shape index (κ1) is 17.7. The van der Waals surface area contributed by atoms with Crippen molar-refractivity contribution in [2.75, 3.05) is 11.9 Å². The maximum atomic E-state index is 12.7. The van der Waals surface area contributed by atoms with Crippen LogP contribution in [-0.2, 0) is 4.79 Å². The topological polar surface area (TPSA) is 86.7 Å². The van der Waals surface area contributed by atoms with Crippen LogP contribution < -0.4 is 10.2 Å². The number of amides is 2. The smallest absolute Gasteiger partial charge is 0.329 e. The Kier molecular flexibility index (Phi) is 4.75. The Bertz CT molecular complexity index is 844. The third-order valence-electron chi connectivity index (χ3n) is 4.79. The number of rotatable bonds is 5. The van der Waals surface area contributed by atoms with Crippen molar-refractivity contribution in [3.8, 4) is 0 Å². The Hall–Kier alpha value is -3.15. The summed E-state index contributed by atoms with van der Waals surface area (Å²) < 4.78 is 0. The third-order valence-corrected chi connectivity index (χ3v) is 4.79. The number of carboxylic acids is 1. The molecule has 2 N–H and O–H groups in total. The van der Waals surface area contributed by atoms with Gasteiger partial charge >= 0.3 is 5.97 Å². The molecule has 1 aliphatic carbocycles. The van der Waals surface area contributed by atoms with E-state index in [1.807, 2.05) is 30.3 Å². The summed E-state index contributed by atoms with van der Waals surface area (Å²) in [5, 5.41) is 12.0. The second-order valence-electron chi connectivity index (χ2n) is 6.48. The number of aliphatic carboxylic acids is 1. The summed E-state index contributed by atoms with van der Waals surface area (Å²) >= 11 is 0. The minimum atomic E-state index is -1.18. The van der Waals surface area contributed by atoms with Crippen LogP contribution in [-0.4, -0.2) is 35.5 Å². The van der Waals surface area contributed by atoms with Crippen LogP contribution in [0.5, 0.6) is 0 Å². The van der Waals surface area contributed by atoms with Gasteiger partial charge in [0, 0.05) is 23.9 Å². The minimum Gasteiger partial charge on any atom is -0.480 e. The van der Waals surface area contributed by atoms with Crippen LogP contribution >= 0.6 is 0 Å². The molecule has 1 fully saturated rings. The molecule has 0 radical (unpaired) electrons. The van der Waals surface area contributed by atoms with Crippen LogP contribution in [0.4, 0.5) is 5.69 Å². The number of carboxylic acid groups (broad SMARTS) is 1. The van der Waals surface area contributed by atoms with Crippen molar-refractivity contribution in [3.05, 3.63) is 65.7 Å². The Morgan fingerprint density at radius 1 is 1.00 bits per heavy atom. The second kappa shape index (κ2) is 7.00. The predicted molar refractivity (Wildman–Crippen MR) is 97.3 cm³/mol. The fourth-order valence-electron chi connectivity index (χ4n) is 2.97.